The third-order valence-corrected chi connectivity index (χ3v) is 22.8. The molecule has 0 radical (unpaired) electrons. The Balaban J connectivity index is 1.32. The maximum absolute atomic E-state index is 6.32. The average molecular weight is 1120 g/mol. The molecule has 0 bridgehead atoms. The molecular formula is C66H74O8P4. The van der Waals surface area contributed by atoms with Gasteiger partial charge in [-0.1, -0.05) is 158 Å². The van der Waals surface area contributed by atoms with Crippen LogP contribution in [0.3, 0.4) is 0 Å². The van der Waals surface area contributed by atoms with Crippen molar-refractivity contribution in [3.05, 3.63) is 216 Å². The molecule has 0 N–H and O–H groups in total. The van der Waals surface area contributed by atoms with Crippen molar-refractivity contribution in [3.8, 4) is 46.0 Å². The van der Waals surface area contributed by atoms with Crippen molar-refractivity contribution < 1.29 is 37.9 Å². The number of hydrogen-bond donors (Lipinski definition) is 0. The molecular weight excluding hydrogens is 1040 g/mol. The third-order valence-electron chi connectivity index (χ3n) is 15.2. The van der Waals surface area contributed by atoms with Crippen molar-refractivity contribution in [1.29, 1.82) is 0 Å². The van der Waals surface area contributed by atoms with Gasteiger partial charge in [-0.05, 0) is 101 Å². The number of rotatable bonds is 27. The number of benzene rings is 8. The van der Waals surface area contributed by atoms with Crippen LogP contribution in [-0.2, 0) is 10.3 Å². The molecule has 0 aliphatic heterocycles. The molecule has 4 unspecified atom stereocenters. The van der Waals surface area contributed by atoms with Crippen LogP contribution >= 0.6 is 34.3 Å². The van der Waals surface area contributed by atoms with E-state index in [1.807, 2.05) is 48.5 Å². The van der Waals surface area contributed by atoms with Gasteiger partial charge in [-0.3, -0.25) is 0 Å². The standard InChI is InChI=1S/C66H74O8P4/c1-67-53-33-15-11-29-49(53)65(75,50-30-12-16-34-54(50)68-2)47(45-77(61-41-23-19-37-57(61)71-5)62-42-24-20-38-58(62)72-6)27-9-10-28-48(46-78(63-43-25-21-39-59(63)73-7)64-44-26-22-40-60(64)74-8)66(76,51-31-13-17-35-55(51)69-3)52-32-14-18-36-56(52)70-4/h11-26,29-44,47-48H,9-10,27-28,45-46,75-76H2,1-8H3. The predicted octanol–water partition coefficient (Wildman–Crippen LogP) is 13.8. The molecule has 0 aliphatic carbocycles. The topological polar surface area (TPSA) is 73.8 Å². The minimum absolute atomic E-state index is 0.0158. The molecule has 0 saturated heterocycles. The van der Waals surface area contributed by atoms with E-state index in [-0.39, 0.29) is 11.8 Å². The third kappa shape index (κ3) is 12.2. The first kappa shape index (κ1) is 58.0. The molecule has 0 aliphatic rings. The van der Waals surface area contributed by atoms with Gasteiger partial charge < -0.3 is 37.9 Å². The summed E-state index contributed by atoms with van der Waals surface area (Å²) in [4.78, 5) is 0. The van der Waals surface area contributed by atoms with E-state index in [4.69, 9.17) is 37.9 Å². The summed E-state index contributed by atoms with van der Waals surface area (Å²) < 4.78 is 50.1. The lowest BCUT2D eigenvalue weighted by Gasteiger charge is -2.43. The van der Waals surface area contributed by atoms with Crippen molar-refractivity contribution in [2.45, 2.75) is 36.0 Å². The average Bonchev–Trinajstić information content (AvgIpc) is 3.57. The van der Waals surface area contributed by atoms with E-state index in [1.54, 1.807) is 56.9 Å². The molecule has 8 nitrogen and oxygen atoms in total. The van der Waals surface area contributed by atoms with E-state index in [0.29, 0.717) is 0 Å². The highest BCUT2D eigenvalue weighted by Gasteiger charge is 2.46. The number of hydrogen-bond acceptors (Lipinski definition) is 8. The van der Waals surface area contributed by atoms with Crippen LogP contribution in [-0.4, -0.2) is 69.2 Å². The Bertz CT molecular complexity index is 2800. The first-order chi connectivity index (χ1) is 38.1. The molecule has 0 spiro atoms. The lowest BCUT2D eigenvalue weighted by molar-refractivity contribution is 0.347. The molecule has 8 aromatic carbocycles. The van der Waals surface area contributed by atoms with Gasteiger partial charge >= 0.3 is 0 Å². The van der Waals surface area contributed by atoms with E-state index in [1.165, 1.54) is 0 Å². The Morgan fingerprint density at radius 1 is 0.295 bits per heavy atom. The molecule has 0 aromatic heterocycles. The van der Waals surface area contributed by atoms with Crippen LogP contribution in [0.4, 0.5) is 0 Å². The van der Waals surface area contributed by atoms with Gasteiger partial charge in [0.25, 0.3) is 0 Å². The largest absolute Gasteiger partial charge is 0.496 e. The highest BCUT2D eigenvalue weighted by Crippen LogP contribution is 2.59. The zero-order chi connectivity index (χ0) is 55.1. The first-order valence-electron chi connectivity index (χ1n) is 26.3. The summed E-state index contributed by atoms with van der Waals surface area (Å²) in [6.07, 6.45) is 5.03. The summed E-state index contributed by atoms with van der Waals surface area (Å²) in [5, 5.41) is 3.20. The maximum atomic E-state index is 6.32. The molecule has 8 aromatic rings. The Morgan fingerprint density at radius 3 is 0.705 bits per heavy atom. The molecule has 0 fully saturated rings. The van der Waals surface area contributed by atoms with E-state index in [9.17, 15) is 0 Å². The van der Waals surface area contributed by atoms with Crippen LogP contribution in [0.25, 0.3) is 0 Å². The Labute approximate surface area is 470 Å². The van der Waals surface area contributed by atoms with Gasteiger partial charge in [-0.15, -0.1) is 18.5 Å². The zero-order valence-corrected chi connectivity index (χ0v) is 50.3. The van der Waals surface area contributed by atoms with Crippen molar-refractivity contribution >= 4 is 55.5 Å². The van der Waals surface area contributed by atoms with Crippen LogP contribution in [0.1, 0.15) is 47.9 Å². The van der Waals surface area contributed by atoms with Gasteiger partial charge in [0.05, 0.1) is 56.9 Å². The molecule has 78 heavy (non-hydrogen) atoms. The minimum atomic E-state index is -1.11. The number of unbranched alkanes of at least 4 members (excludes halogenated alkanes) is 1. The van der Waals surface area contributed by atoms with Gasteiger partial charge in [0.2, 0.25) is 0 Å². The van der Waals surface area contributed by atoms with Gasteiger partial charge in [0, 0.05) is 53.8 Å². The van der Waals surface area contributed by atoms with Crippen molar-refractivity contribution in [2.75, 3.05) is 69.2 Å². The predicted molar refractivity (Wildman–Crippen MR) is 332 cm³/mol. The second-order valence-electron chi connectivity index (χ2n) is 19.1. The van der Waals surface area contributed by atoms with E-state index >= 15 is 0 Å². The highest BCUT2D eigenvalue weighted by molar-refractivity contribution is 7.73. The van der Waals surface area contributed by atoms with Crippen LogP contribution in [0.5, 0.6) is 46.0 Å². The van der Waals surface area contributed by atoms with Gasteiger partial charge in [0.15, 0.2) is 0 Å². The normalized spacial score (nSPS) is 12.4. The van der Waals surface area contributed by atoms with Gasteiger partial charge in [-0.25, -0.2) is 0 Å². The summed E-state index contributed by atoms with van der Waals surface area (Å²) in [5.41, 5.74) is 4.26. The Kier molecular flexibility index (Phi) is 20.6. The SMILES string of the molecule is COc1ccccc1P(CC(CCCCC(CP(c1ccccc1OC)c1ccccc1OC)C(P)(c1ccccc1OC)c1ccccc1OC)C(P)(c1ccccc1OC)c1ccccc1OC)c1ccccc1OC. The number of para-hydroxylation sites is 8. The van der Waals surface area contributed by atoms with E-state index < -0.39 is 26.2 Å². The fraction of sp³-hybridized carbons (Fsp3) is 0.273. The first-order valence-corrected chi connectivity index (χ1v) is 30.5. The highest BCUT2D eigenvalue weighted by atomic mass is 31.1. The maximum Gasteiger partial charge on any atom is 0.126 e. The molecule has 0 amide bonds. The van der Waals surface area contributed by atoms with Crippen molar-refractivity contribution in [3.63, 3.8) is 0 Å². The van der Waals surface area contributed by atoms with Crippen LogP contribution in [0.15, 0.2) is 194 Å². The number of ether oxygens (including phenoxy) is 8. The molecule has 0 saturated carbocycles. The lowest BCUT2D eigenvalue weighted by Crippen LogP contribution is -2.36. The molecule has 406 valence electrons. The van der Waals surface area contributed by atoms with Crippen LogP contribution in [0.2, 0.25) is 0 Å². The van der Waals surface area contributed by atoms with Crippen LogP contribution < -0.4 is 59.1 Å². The summed E-state index contributed by atoms with van der Waals surface area (Å²) >= 11 is 0. The quantitative estimate of drug-likeness (QED) is 0.0372. The number of methoxy groups -OCH3 is 8. The summed E-state index contributed by atoms with van der Waals surface area (Å²) in [6.45, 7) is 0. The zero-order valence-electron chi connectivity index (χ0n) is 46.2. The molecule has 0 heterocycles. The minimum Gasteiger partial charge on any atom is -0.496 e. The van der Waals surface area contributed by atoms with Crippen LogP contribution in [0, 0.1) is 11.8 Å². The smallest absolute Gasteiger partial charge is 0.126 e. The summed E-state index contributed by atoms with van der Waals surface area (Å²) in [6, 6.07) is 67.7. The van der Waals surface area contributed by atoms with Gasteiger partial charge in [0.1, 0.15) is 46.0 Å². The second-order valence-corrected chi connectivity index (χ2v) is 25.3. The van der Waals surface area contributed by atoms with Crippen molar-refractivity contribution in [1.82, 2.24) is 0 Å². The molecule has 4 atom stereocenters. The fourth-order valence-electron chi connectivity index (χ4n) is 11.3. The summed E-state index contributed by atoms with van der Waals surface area (Å²) in [5.74, 6) is 6.62. The van der Waals surface area contributed by atoms with Crippen molar-refractivity contribution in [2.24, 2.45) is 11.8 Å². The monoisotopic (exact) mass is 1120 g/mol. The summed E-state index contributed by atoms with van der Waals surface area (Å²) in [7, 11) is 18.7. The lowest BCUT2D eigenvalue weighted by atomic mass is 9.75. The molecule has 8 rings (SSSR count). The Morgan fingerprint density at radius 2 is 0.487 bits per heavy atom. The van der Waals surface area contributed by atoms with E-state index in [0.717, 1.165) is 127 Å². The van der Waals surface area contributed by atoms with E-state index in [2.05, 4.69) is 164 Å². The van der Waals surface area contributed by atoms with Gasteiger partial charge in [-0.2, -0.15) is 0 Å². The molecule has 12 heteroatoms. The fourth-order valence-corrected chi connectivity index (χ4v) is 19.2. The Hall–Kier alpha value is -6.12. The second kappa shape index (κ2) is 27.7.